The molecule has 4 heteroatoms. The van der Waals surface area contributed by atoms with Gasteiger partial charge in [0.25, 0.3) is 0 Å². The Morgan fingerprint density at radius 1 is 1.38 bits per heavy atom. The molecular weight excluding hydrogens is 182 g/mol. The second-order valence-corrected chi connectivity index (χ2v) is 4.04. The molecule has 0 unspecified atom stereocenters. The van der Waals surface area contributed by atoms with Crippen LogP contribution in [0, 0.1) is 6.92 Å². The van der Waals surface area contributed by atoms with Gasteiger partial charge in [-0.1, -0.05) is 17.4 Å². The molecule has 0 N–H and O–H groups in total. The molecule has 0 saturated heterocycles. The second-order valence-electron chi connectivity index (χ2n) is 3.03. The van der Waals surface area contributed by atoms with Crippen LogP contribution in [0.1, 0.15) is 5.56 Å². The minimum absolute atomic E-state index is 0.959. The van der Waals surface area contributed by atoms with Gasteiger partial charge in [0.15, 0.2) is 0 Å². The number of nitrogens with zero attached hydrogens (tertiary/aromatic N) is 3. The Kier molecular flexibility index (Phi) is 1.24. The van der Waals surface area contributed by atoms with Crippen molar-refractivity contribution in [1.82, 2.24) is 14.6 Å². The molecule has 64 valence electrons. The number of aryl methyl sites for hydroxylation is 1. The van der Waals surface area contributed by atoms with Gasteiger partial charge in [-0.05, 0) is 24.6 Å². The molecular formula is C9H7N3S. The summed E-state index contributed by atoms with van der Waals surface area (Å²) in [5.74, 6) is 0. The second kappa shape index (κ2) is 2.29. The van der Waals surface area contributed by atoms with Crippen LogP contribution in [-0.2, 0) is 0 Å². The predicted octanol–water partition coefficient (Wildman–Crippen LogP) is 2.25. The van der Waals surface area contributed by atoms with Gasteiger partial charge in [0.1, 0.15) is 6.33 Å². The average Bonchev–Trinajstić information content (AvgIpc) is 2.62. The predicted molar refractivity (Wildman–Crippen MR) is 53.1 cm³/mol. The largest absolute Gasteiger partial charge is 0.213 e. The average molecular weight is 189 g/mol. The molecule has 1 aromatic carbocycles. The first-order valence-electron chi connectivity index (χ1n) is 4.03. The van der Waals surface area contributed by atoms with Crippen molar-refractivity contribution in [1.29, 1.82) is 0 Å². The molecule has 3 aromatic rings. The smallest absolute Gasteiger partial charge is 0.206 e. The van der Waals surface area contributed by atoms with Crippen LogP contribution in [0.4, 0.5) is 0 Å². The van der Waals surface area contributed by atoms with E-state index in [2.05, 4.69) is 35.2 Å². The van der Waals surface area contributed by atoms with Gasteiger partial charge in [0.05, 0.1) is 10.2 Å². The molecule has 0 aliphatic carbocycles. The number of hydrogen-bond acceptors (Lipinski definition) is 3. The molecule has 0 amide bonds. The molecule has 13 heavy (non-hydrogen) atoms. The van der Waals surface area contributed by atoms with Crippen LogP contribution in [0.3, 0.4) is 0 Å². The van der Waals surface area contributed by atoms with Crippen LogP contribution in [0.15, 0.2) is 24.5 Å². The lowest BCUT2D eigenvalue weighted by atomic mass is 10.2. The van der Waals surface area contributed by atoms with E-state index in [0.29, 0.717) is 0 Å². The number of thiazole rings is 1. The van der Waals surface area contributed by atoms with Crippen LogP contribution < -0.4 is 0 Å². The summed E-state index contributed by atoms with van der Waals surface area (Å²) in [6.45, 7) is 2.09. The summed E-state index contributed by atoms with van der Waals surface area (Å²) < 4.78 is 3.12. The maximum absolute atomic E-state index is 4.16. The summed E-state index contributed by atoms with van der Waals surface area (Å²) in [5, 5.41) is 4.15. The Labute approximate surface area is 78.6 Å². The maximum atomic E-state index is 4.16. The summed E-state index contributed by atoms with van der Waals surface area (Å²) in [6, 6.07) is 6.34. The number of benzene rings is 1. The van der Waals surface area contributed by atoms with Crippen molar-refractivity contribution in [3.63, 3.8) is 0 Å². The fraction of sp³-hybridized carbons (Fsp3) is 0.111. The maximum Gasteiger partial charge on any atom is 0.213 e. The van der Waals surface area contributed by atoms with Crippen LogP contribution in [0.2, 0.25) is 0 Å². The van der Waals surface area contributed by atoms with E-state index in [1.165, 1.54) is 10.3 Å². The van der Waals surface area contributed by atoms with Crippen molar-refractivity contribution in [3.8, 4) is 0 Å². The van der Waals surface area contributed by atoms with E-state index < -0.39 is 0 Å². The highest BCUT2D eigenvalue weighted by Gasteiger charge is 2.04. The zero-order chi connectivity index (χ0) is 8.84. The van der Waals surface area contributed by atoms with Crippen molar-refractivity contribution in [2.75, 3.05) is 0 Å². The van der Waals surface area contributed by atoms with Gasteiger partial charge in [0, 0.05) is 0 Å². The van der Waals surface area contributed by atoms with Gasteiger partial charge in [-0.2, -0.15) is 5.10 Å². The van der Waals surface area contributed by atoms with Crippen molar-refractivity contribution in [2.45, 2.75) is 6.92 Å². The molecule has 0 fully saturated rings. The minimum Gasteiger partial charge on any atom is -0.206 e. The molecule has 0 saturated carbocycles. The lowest BCUT2D eigenvalue weighted by Crippen LogP contribution is -1.81. The van der Waals surface area contributed by atoms with E-state index in [-0.39, 0.29) is 0 Å². The molecule has 0 atom stereocenters. The van der Waals surface area contributed by atoms with Gasteiger partial charge in [-0.15, -0.1) is 0 Å². The summed E-state index contributed by atoms with van der Waals surface area (Å²) in [5.41, 5.74) is 2.42. The summed E-state index contributed by atoms with van der Waals surface area (Å²) in [6.07, 6.45) is 1.59. The Morgan fingerprint density at radius 3 is 3.23 bits per heavy atom. The summed E-state index contributed by atoms with van der Waals surface area (Å²) in [4.78, 5) is 5.11. The Balaban J connectivity index is 2.59. The van der Waals surface area contributed by atoms with Crippen LogP contribution in [0.5, 0.6) is 0 Å². The highest BCUT2D eigenvalue weighted by atomic mass is 32.1. The number of hydrogen-bond donors (Lipinski definition) is 0. The van der Waals surface area contributed by atoms with E-state index in [1.54, 1.807) is 17.7 Å². The Morgan fingerprint density at radius 2 is 2.31 bits per heavy atom. The molecule has 0 aliphatic heterocycles. The zero-order valence-corrected chi connectivity index (χ0v) is 7.88. The third kappa shape index (κ3) is 0.890. The first-order valence-corrected chi connectivity index (χ1v) is 4.85. The number of aromatic nitrogens is 3. The summed E-state index contributed by atoms with van der Waals surface area (Å²) >= 11 is 1.67. The lowest BCUT2D eigenvalue weighted by Gasteiger charge is -1.91. The van der Waals surface area contributed by atoms with E-state index in [0.717, 1.165) is 10.5 Å². The summed E-state index contributed by atoms with van der Waals surface area (Å²) in [7, 11) is 0. The lowest BCUT2D eigenvalue weighted by molar-refractivity contribution is 1.01. The Hall–Kier alpha value is -1.42. The van der Waals surface area contributed by atoms with Gasteiger partial charge >= 0.3 is 0 Å². The number of rotatable bonds is 0. The van der Waals surface area contributed by atoms with Crippen molar-refractivity contribution < 1.29 is 0 Å². The highest BCUT2D eigenvalue weighted by molar-refractivity contribution is 7.23. The molecule has 3 rings (SSSR count). The monoisotopic (exact) mass is 189 g/mol. The first-order chi connectivity index (χ1) is 6.34. The van der Waals surface area contributed by atoms with Gasteiger partial charge < -0.3 is 0 Å². The topological polar surface area (TPSA) is 30.2 Å². The SMILES string of the molecule is Cc1ccc2c(c1)sc1ncnn12. The van der Waals surface area contributed by atoms with Gasteiger partial charge in [-0.3, -0.25) is 0 Å². The van der Waals surface area contributed by atoms with E-state index >= 15 is 0 Å². The van der Waals surface area contributed by atoms with Crippen molar-refractivity contribution in [3.05, 3.63) is 30.1 Å². The fourth-order valence-corrected chi connectivity index (χ4v) is 2.47. The van der Waals surface area contributed by atoms with E-state index in [4.69, 9.17) is 0 Å². The molecule has 2 aromatic heterocycles. The van der Waals surface area contributed by atoms with Crippen LogP contribution in [0.25, 0.3) is 15.2 Å². The molecule has 3 nitrogen and oxygen atoms in total. The van der Waals surface area contributed by atoms with Crippen LogP contribution in [-0.4, -0.2) is 14.6 Å². The van der Waals surface area contributed by atoms with E-state index in [9.17, 15) is 0 Å². The molecule has 2 heterocycles. The highest BCUT2D eigenvalue weighted by Crippen LogP contribution is 2.24. The first kappa shape index (κ1) is 7.03. The van der Waals surface area contributed by atoms with Crippen molar-refractivity contribution >= 4 is 26.5 Å². The Bertz CT molecular complexity index is 579. The third-order valence-corrected chi connectivity index (χ3v) is 3.07. The molecule has 0 bridgehead atoms. The van der Waals surface area contributed by atoms with Gasteiger partial charge in [0.2, 0.25) is 4.96 Å². The minimum atomic E-state index is 0.959. The molecule has 0 radical (unpaired) electrons. The van der Waals surface area contributed by atoms with Crippen LogP contribution >= 0.6 is 11.3 Å². The number of fused-ring (bicyclic) bond motifs is 3. The van der Waals surface area contributed by atoms with Gasteiger partial charge in [-0.25, -0.2) is 9.50 Å². The molecule has 0 aliphatic rings. The zero-order valence-electron chi connectivity index (χ0n) is 7.06. The van der Waals surface area contributed by atoms with E-state index in [1.807, 2.05) is 4.52 Å². The molecule has 0 spiro atoms. The van der Waals surface area contributed by atoms with Crippen molar-refractivity contribution in [2.24, 2.45) is 0 Å². The third-order valence-electron chi connectivity index (χ3n) is 2.06. The quantitative estimate of drug-likeness (QED) is 0.543. The fourth-order valence-electron chi connectivity index (χ4n) is 1.44. The standard InChI is InChI=1S/C9H7N3S/c1-6-2-3-7-8(4-6)13-9-10-5-11-12(7)9/h2-5H,1H3. The normalized spacial score (nSPS) is 11.5.